The van der Waals surface area contributed by atoms with Crippen molar-refractivity contribution >= 4 is 0 Å². The average Bonchev–Trinajstić information content (AvgIpc) is 2.54. The fourth-order valence-electron chi connectivity index (χ4n) is 2.82. The van der Waals surface area contributed by atoms with E-state index in [-0.39, 0.29) is 0 Å². The summed E-state index contributed by atoms with van der Waals surface area (Å²) < 4.78 is 11.3. The highest BCUT2D eigenvalue weighted by Gasteiger charge is 2.19. The first-order chi connectivity index (χ1) is 10.3. The average molecular weight is 292 g/mol. The summed E-state index contributed by atoms with van der Waals surface area (Å²) in [4.78, 5) is 2.51. The number of hydrogen-bond donors (Lipinski definition) is 1. The summed E-state index contributed by atoms with van der Waals surface area (Å²) in [5, 5.41) is 3.48. The summed E-state index contributed by atoms with van der Waals surface area (Å²) in [5.74, 6) is 1.81. The molecule has 1 unspecified atom stereocenters. The monoisotopic (exact) mass is 292 g/mol. The molecule has 0 spiro atoms. The van der Waals surface area contributed by atoms with Crippen molar-refractivity contribution in [1.29, 1.82) is 0 Å². The van der Waals surface area contributed by atoms with E-state index in [1.165, 1.54) is 12.8 Å². The Morgan fingerprint density at radius 2 is 1.86 bits per heavy atom. The lowest BCUT2D eigenvalue weighted by Gasteiger charge is -2.33. The Bertz CT molecular complexity index is 388. The molecular formula is C17H28N2O2. The van der Waals surface area contributed by atoms with Crippen LogP contribution in [-0.2, 0) is 0 Å². The lowest BCUT2D eigenvalue weighted by molar-refractivity contribution is 0.144. The molecule has 1 aromatic rings. The minimum absolute atomic E-state index is 0.660. The van der Waals surface area contributed by atoms with E-state index in [4.69, 9.17) is 9.47 Å². The van der Waals surface area contributed by atoms with Gasteiger partial charge in [-0.2, -0.15) is 0 Å². The number of piperidine rings is 1. The number of likely N-dealkylation sites (N-methyl/N-ethyl adjacent to an activating group) is 1. The number of hydrogen-bond acceptors (Lipinski definition) is 4. The van der Waals surface area contributed by atoms with E-state index in [2.05, 4.69) is 17.1 Å². The fourth-order valence-corrected chi connectivity index (χ4v) is 2.82. The second-order valence-electron chi connectivity index (χ2n) is 5.38. The van der Waals surface area contributed by atoms with Crippen LogP contribution < -0.4 is 14.8 Å². The number of benzene rings is 1. The first kappa shape index (κ1) is 16.1. The van der Waals surface area contributed by atoms with E-state index in [9.17, 15) is 0 Å². The SMILES string of the molecule is CCOc1ccc(OCCN(CC)C2CCCNC2)cc1. The molecule has 1 aliphatic heterocycles. The van der Waals surface area contributed by atoms with Gasteiger partial charge in [0.25, 0.3) is 0 Å². The molecule has 1 heterocycles. The summed E-state index contributed by atoms with van der Waals surface area (Å²) in [5.41, 5.74) is 0. The Balaban J connectivity index is 1.73. The van der Waals surface area contributed by atoms with Gasteiger partial charge in [-0.1, -0.05) is 6.92 Å². The van der Waals surface area contributed by atoms with Gasteiger partial charge < -0.3 is 14.8 Å². The van der Waals surface area contributed by atoms with Crippen molar-refractivity contribution in [2.45, 2.75) is 32.7 Å². The predicted molar refractivity (Wildman–Crippen MR) is 86.2 cm³/mol. The Kier molecular flexibility index (Phi) is 6.83. The van der Waals surface area contributed by atoms with E-state index >= 15 is 0 Å². The first-order valence-corrected chi connectivity index (χ1v) is 8.14. The molecule has 0 radical (unpaired) electrons. The zero-order valence-electron chi connectivity index (χ0n) is 13.3. The van der Waals surface area contributed by atoms with Gasteiger partial charge in [-0.05, 0) is 57.1 Å². The maximum atomic E-state index is 5.84. The van der Waals surface area contributed by atoms with Crippen LogP contribution in [0.15, 0.2) is 24.3 Å². The van der Waals surface area contributed by atoms with Crippen molar-refractivity contribution in [1.82, 2.24) is 10.2 Å². The minimum Gasteiger partial charge on any atom is -0.494 e. The summed E-state index contributed by atoms with van der Waals surface area (Å²) in [6.07, 6.45) is 2.57. The highest BCUT2D eigenvalue weighted by molar-refractivity contribution is 5.31. The lowest BCUT2D eigenvalue weighted by atomic mass is 10.1. The van der Waals surface area contributed by atoms with E-state index in [1.54, 1.807) is 0 Å². The normalized spacial score (nSPS) is 18.7. The largest absolute Gasteiger partial charge is 0.494 e. The van der Waals surface area contributed by atoms with Gasteiger partial charge in [0.1, 0.15) is 18.1 Å². The standard InChI is InChI=1S/C17H28N2O2/c1-3-19(15-6-5-11-18-14-15)12-13-21-17-9-7-16(8-10-17)20-4-2/h7-10,15,18H,3-6,11-14H2,1-2H3. The van der Waals surface area contributed by atoms with E-state index < -0.39 is 0 Å². The number of nitrogens with one attached hydrogen (secondary N) is 1. The van der Waals surface area contributed by atoms with Crippen molar-refractivity contribution in [3.8, 4) is 11.5 Å². The van der Waals surface area contributed by atoms with Crippen molar-refractivity contribution in [3.63, 3.8) is 0 Å². The lowest BCUT2D eigenvalue weighted by Crippen LogP contribution is -2.47. The molecule has 4 heteroatoms. The molecule has 1 atom stereocenters. The van der Waals surface area contributed by atoms with E-state index in [0.717, 1.165) is 44.3 Å². The number of nitrogens with zero attached hydrogens (tertiary/aromatic N) is 1. The third-order valence-corrected chi connectivity index (χ3v) is 3.98. The van der Waals surface area contributed by atoms with Gasteiger partial charge in [-0.3, -0.25) is 4.90 Å². The molecule has 0 aromatic heterocycles. The van der Waals surface area contributed by atoms with Gasteiger partial charge >= 0.3 is 0 Å². The fraction of sp³-hybridized carbons (Fsp3) is 0.647. The summed E-state index contributed by atoms with van der Waals surface area (Å²) in [6.45, 7) is 9.98. The Morgan fingerprint density at radius 3 is 2.43 bits per heavy atom. The summed E-state index contributed by atoms with van der Waals surface area (Å²) in [7, 11) is 0. The molecule has 4 nitrogen and oxygen atoms in total. The Labute approximate surface area is 128 Å². The Hall–Kier alpha value is -1.26. The molecule has 0 bridgehead atoms. The van der Waals surface area contributed by atoms with Crippen LogP contribution in [0, 0.1) is 0 Å². The van der Waals surface area contributed by atoms with Crippen LogP contribution in [0.4, 0.5) is 0 Å². The molecular weight excluding hydrogens is 264 g/mol. The van der Waals surface area contributed by atoms with Crippen LogP contribution in [0.5, 0.6) is 11.5 Å². The molecule has 1 saturated heterocycles. The molecule has 118 valence electrons. The predicted octanol–water partition coefficient (Wildman–Crippen LogP) is 2.54. The molecule has 1 fully saturated rings. The van der Waals surface area contributed by atoms with Crippen molar-refractivity contribution < 1.29 is 9.47 Å². The van der Waals surface area contributed by atoms with Crippen LogP contribution in [0.3, 0.4) is 0 Å². The quantitative estimate of drug-likeness (QED) is 0.798. The molecule has 1 aliphatic rings. The number of ether oxygens (including phenoxy) is 2. The third kappa shape index (κ3) is 5.21. The van der Waals surface area contributed by atoms with Crippen LogP contribution >= 0.6 is 0 Å². The van der Waals surface area contributed by atoms with Gasteiger partial charge in [0.2, 0.25) is 0 Å². The van der Waals surface area contributed by atoms with Gasteiger partial charge in [-0.25, -0.2) is 0 Å². The summed E-state index contributed by atoms with van der Waals surface area (Å²) in [6, 6.07) is 8.53. The minimum atomic E-state index is 0.660. The second-order valence-corrected chi connectivity index (χ2v) is 5.38. The maximum Gasteiger partial charge on any atom is 0.119 e. The van der Waals surface area contributed by atoms with E-state index in [1.807, 2.05) is 31.2 Å². The van der Waals surface area contributed by atoms with E-state index in [0.29, 0.717) is 12.6 Å². The molecule has 21 heavy (non-hydrogen) atoms. The van der Waals surface area contributed by atoms with Gasteiger partial charge in [-0.15, -0.1) is 0 Å². The van der Waals surface area contributed by atoms with Gasteiger partial charge in [0.05, 0.1) is 6.61 Å². The molecule has 1 N–H and O–H groups in total. The summed E-state index contributed by atoms with van der Waals surface area (Å²) >= 11 is 0. The maximum absolute atomic E-state index is 5.84. The topological polar surface area (TPSA) is 33.7 Å². The highest BCUT2D eigenvalue weighted by Crippen LogP contribution is 2.17. The molecule has 1 aromatic carbocycles. The zero-order chi connectivity index (χ0) is 14.9. The van der Waals surface area contributed by atoms with Crippen LogP contribution in [-0.4, -0.2) is 50.3 Å². The molecule has 0 saturated carbocycles. The van der Waals surface area contributed by atoms with Gasteiger partial charge in [0, 0.05) is 19.1 Å². The van der Waals surface area contributed by atoms with Crippen molar-refractivity contribution in [3.05, 3.63) is 24.3 Å². The van der Waals surface area contributed by atoms with Crippen LogP contribution in [0.25, 0.3) is 0 Å². The van der Waals surface area contributed by atoms with Crippen LogP contribution in [0.1, 0.15) is 26.7 Å². The second kappa shape index (κ2) is 8.90. The van der Waals surface area contributed by atoms with Crippen LogP contribution in [0.2, 0.25) is 0 Å². The molecule has 0 amide bonds. The number of rotatable bonds is 8. The smallest absolute Gasteiger partial charge is 0.119 e. The van der Waals surface area contributed by atoms with Gasteiger partial charge in [0.15, 0.2) is 0 Å². The zero-order valence-corrected chi connectivity index (χ0v) is 13.3. The highest BCUT2D eigenvalue weighted by atomic mass is 16.5. The first-order valence-electron chi connectivity index (χ1n) is 8.14. The molecule has 2 rings (SSSR count). The molecule has 0 aliphatic carbocycles. The Morgan fingerprint density at radius 1 is 1.14 bits per heavy atom. The van der Waals surface area contributed by atoms with Crippen molar-refractivity contribution in [2.75, 3.05) is 39.4 Å². The third-order valence-electron chi connectivity index (χ3n) is 3.98. The van der Waals surface area contributed by atoms with Crippen molar-refractivity contribution in [2.24, 2.45) is 0 Å².